The van der Waals surface area contributed by atoms with Gasteiger partial charge in [0.15, 0.2) is 0 Å². The molecule has 2 aliphatic carbocycles. The van der Waals surface area contributed by atoms with Crippen molar-refractivity contribution in [3.63, 3.8) is 0 Å². The molecule has 2 aliphatic rings. The predicted molar refractivity (Wildman–Crippen MR) is 199 cm³/mol. The van der Waals surface area contributed by atoms with E-state index in [2.05, 4.69) is 184 Å². The lowest BCUT2D eigenvalue weighted by atomic mass is 9.82. The second kappa shape index (κ2) is 10.0. The van der Waals surface area contributed by atoms with E-state index in [0.29, 0.717) is 0 Å². The zero-order chi connectivity index (χ0) is 31.9. The van der Waals surface area contributed by atoms with Crippen LogP contribution in [0.25, 0.3) is 44.2 Å². The lowest BCUT2D eigenvalue weighted by molar-refractivity contribution is 0.660. The summed E-state index contributed by atoms with van der Waals surface area (Å²) < 4.78 is 0. The van der Waals surface area contributed by atoms with Gasteiger partial charge in [0.1, 0.15) is 0 Å². The molecule has 7 aromatic carbocycles. The molecule has 1 nitrogen and oxygen atoms in total. The Kier molecular flexibility index (Phi) is 5.96. The van der Waals surface area contributed by atoms with Gasteiger partial charge in [-0.15, -0.1) is 0 Å². The maximum Gasteiger partial charge on any atom is 0.0546 e. The summed E-state index contributed by atoms with van der Waals surface area (Å²) in [6.07, 6.45) is 0. The average Bonchev–Trinajstić information content (AvgIpc) is 3.49. The minimum atomic E-state index is -0.0895. The Balaban J connectivity index is 1.31. The first-order chi connectivity index (χ1) is 22.8. The molecule has 0 saturated heterocycles. The zero-order valence-electron chi connectivity index (χ0n) is 27.4. The van der Waals surface area contributed by atoms with Crippen LogP contribution in [0.15, 0.2) is 152 Å². The Labute approximate surface area is 277 Å². The van der Waals surface area contributed by atoms with Gasteiger partial charge in [-0.25, -0.2) is 0 Å². The van der Waals surface area contributed by atoms with Crippen molar-refractivity contribution >= 4 is 27.8 Å². The normalized spacial score (nSPS) is 14.7. The molecule has 0 atom stereocenters. The lowest BCUT2D eigenvalue weighted by Crippen LogP contribution is -2.17. The summed E-state index contributed by atoms with van der Waals surface area (Å²) in [5.41, 5.74) is 16.7. The summed E-state index contributed by atoms with van der Waals surface area (Å²) in [5.74, 6) is 0. The average molecular weight is 604 g/mol. The number of benzene rings is 7. The quantitative estimate of drug-likeness (QED) is 0.193. The van der Waals surface area contributed by atoms with Crippen LogP contribution in [0.3, 0.4) is 0 Å². The Hall–Kier alpha value is -5.40. The van der Waals surface area contributed by atoms with Crippen LogP contribution in [0.5, 0.6) is 0 Å². The molecular formula is C46H37N. The highest BCUT2D eigenvalue weighted by Gasteiger charge is 2.38. The number of anilines is 3. The van der Waals surface area contributed by atoms with Crippen LogP contribution in [0.1, 0.15) is 49.9 Å². The molecule has 47 heavy (non-hydrogen) atoms. The van der Waals surface area contributed by atoms with Crippen molar-refractivity contribution < 1.29 is 0 Å². The number of nitrogens with zero attached hydrogens (tertiary/aromatic N) is 1. The first kappa shape index (κ1) is 27.9. The minimum Gasteiger partial charge on any atom is -0.310 e. The van der Waals surface area contributed by atoms with E-state index in [9.17, 15) is 0 Å². The largest absolute Gasteiger partial charge is 0.310 e. The molecule has 0 fully saturated rings. The molecular weight excluding hydrogens is 567 g/mol. The van der Waals surface area contributed by atoms with Crippen molar-refractivity contribution in [2.75, 3.05) is 4.90 Å². The van der Waals surface area contributed by atoms with Gasteiger partial charge in [-0.2, -0.15) is 0 Å². The van der Waals surface area contributed by atoms with Gasteiger partial charge in [0, 0.05) is 27.6 Å². The Morgan fingerprint density at radius 2 is 1.00 bits per heavy atom. The molecule has 0 bridgehead atoms. The van der Waals surface area contributed by atoms with E-state index in [4.69, 9.17) is 0 Å². The van der Waals surface area contributed by atoms with Gasteiger partial charge in [0.25, 0.3) is 0 Å². The second-order valence-corrected chi connectivity index (χ2v) is 14.2. The fourth-order valence-electron chi connectivity index (χ4n) is 8.43. The Morgan fingerprint density at radius 3 is 1.77 bits per heavy atom. The van der Waals surface area contributed by atoms with Gasteiger partial charge in [0.2, 0.25) is 0 Å². The highest BCUT2D eigenvalue weighted by atomic mass is 15.1. The van der Waals surface area contributed by atoms with Crippen molar-refractivity contribution in [2.24, 2.45) is 0 Å². The monoisotopic (exact) mass is 603 g/mol. The van der Waals surface area contributed by atoms with E-state index in [0.717, 1.165) is 5.69 Å². The SMILES string of the molecule is CC1(C)c2ccccc2-c2ccc(N(c3ccc(-c4ccccc4)cc3)c3cccc4ccc5c(c34)-c3ccccc3C5(C)C)cc21. The summed E-state index contributed by atoms with van der Waals surface area (Å²) in [7, 11) is 0. The van der Waals surface area contributed by atoms with E-state index >= 15 is 0 Å². The first-order valence-corrected chi connectivity index (χ1v) is 16.7. The van der Waals surface area contributed by atoms with Crippen LogP contribution in [-0.4, -0.2) is 0 Å². The molecule has 0 amide bonds. The summed E-state index contributed by atoms with van der Waals surface area (Å²) >= 11 is 0. The highest BCUT2D eigenvalue weighted by molar-refractivity contribution is 6.11. The zero-order valence-corrected chi connectivity index (χ0v) is 27.4. The van der Waals surface area contributed by atoms with Gasteiger partial charge in [-0.3, -0.25) is 0 Å². The van der Waals surface area contributed by atoms with Gasteiger partial charge in [-0.05, 0) is 91.4 Å². The highest BCUT2D eigenvalue weighted by Crippen LogP contribution is 2.55. The standard InChI is InChI=1S/C46H37N/c1-45(2)39-19-11-9-17-37(39)44-40(45)28-23-32-15-12-20-42(43(32)44)47(33-24-21-31(22-25-33)30-13-6-5-7-14-30)34-26-27-36-35-16-8-10-18-38(35)46(3,4)41(36)29-34/h5-29H,1-4H3. The predicted octanol–water partition coefficient (Wildman–Crippen LogP) is 12.6. The minimum absolute atomic E-state index is 0.0707. The van der Waals surface area contributed by atoms with Crippen molar-refractivity contribution in [3.05, 3.63) is 174 Å². The molecule has 9 rings (SSSR count). The van der Waals surface area contributed by atoms with Crippen LogP contribution >= 0.6 is 0 Å². The maximum atomic E-state index is 2.49. The molecule has 226 valence electrons. The number of rotatable bonds is 4. The lowest BCUT2D eigenvalue weighted by Gasteiger charge is -2.30. The van der Waals surface area contributed by atoms with E-state index < -0.39 is 0 Å². The molecule has 0 unspecified atom stereocenters. The molecule has 0 saturated carbocycles. The van der Waals surface area contributed by atoms with E-state index in [1.807, 2.05) is 0 Å². The van der Waals surface area contributed by atoms with Crippen LogP contribution in [0, 0.1) is 0 Å². The summed E-state index contributed by atoms with van der Waals surface area (Å²) in [5, 5.41) is 2.56. The fraction of sp³-hybridized carbons (Fsp3) is 0.130. The third-order valence-electron chi connectivity index (χ3n) is 10.9. The number of fused-ring (bicyclic) bond motifs is 8. The second-order valence-electron chi connectivity index (χ2n) is 14.2. The van der Waals surface area contributed by atoms with Crippen LogP contribution in [0.4, 0.5) is 17.1 Å². The molecule has 0 spiro atoms. The third-order valence-corrected chi connectivity index (χ3v) is 10.9. The van der Waals surface area contributed by atoms with Crippen molar-refractivity contribution in [1.82, 2.24) is 0 Å². The van der Waals surface area contributed by atoms with E-state index in [-0.39, 0.29) is 10.8 Å². The number of hydrogen-bond donors (Lipinski definition) is 0. The Morgan fingerprint density at radius 1 is 0.404 bits per heavy atom. The molecule has 7 aromatic rings. The van der Waals surface area contributed by atoms with Crippen LogP contribution < -0.4 is 4.90 Å². The molecule has 1 heteroatoms. The molecule has 0 radical (unpaired) electrons. The fourth-order valence-corrected chi connectivity index (χ4v) is 8.43. The topological polar surface area (TPSA) is 3.24 Å². The van der Waals surface area contributed by atoms with Crippen LogP contribution in [0.2, 0.25) is 0 Å². The molecule has 0 heterocycles. The summed E-state index contributed by atoms with van der Waals surface area (Å²) in [6, 6.07) is 56.2. The van der Waals surface area contributed by atoms with Gasteiger partial charge < -0.3 is 4.90 Å². The Bertz CT molecular complexity index is 2340. The van der Waals surface area contributed by atoms with Gasteiger partial charge in [0.05, 0.1) is 5.69 Å². The van der Waals surface area contributed by atoms with Crippen molar-refractivity contribution in [2.45, 2.75) is 38.5 Å². The van der Waals surface area contributed by atoms with Crippen molar-refractivity contribution in [3.8, 4) is 33.4 Å². The van der Waals surface area contributed by atoms with Gasteiger partial charge >= 0.3 is 0 Å². The molecule has 0 N–H and O–H groups in total. The maximum absolute atomic E-state index is 2.49. The van der Waals surface area contributed by atoms with E-state index in [1.165, 1.54) is 77.8 Å². The summed E-state index contributed by atoms with van der Waals surface area (Å²) in [4.78, 5) is 2.49. The molecule has 0 aliphatic heterocycles. The van der Waals surface area contributed by atoms with Gasteiger partial charge in [-0.1, -0.05) is 149 Å². The van der Waals surface area contributed by atoms with Crippen molar-refractivity contribution in [1.29, 1.82) is 0 Å². The molecule has 0 aromatic heterocycles. The van der Waals surface area contributed by atoms with E-state index in [1.54, 1.807) is 0 Å². The number of hydrogen-bond acceptors (Lipinski definition) is 1. The van der Waals surface area contributed by atoms with Crippen LogP contribution in [-0.2, 0) is 10.8 Å². The third kappa shape index (κ3) is 4.02. The first-order valence-electron chi connectivity index (χ1n) is 16.7. The summed E-state index contributed by atoms with van der Waals surface area (Å²) in [6.45, 7) is 9.47. The smallest absolute Gasteiger partial charge is 0.0546 e.